The van der Waals surface area contributed by atoms with E-state index in [9.17, 15) is 14.9 Å². The van der Waals surface area contributed by atoms with Crippen LogP contribution < -0.4 is 4.74 Å². The molecular formula is C30H27ClN4O3. The van der Waals surface area contributed by atoms with Crippen molar-refractivity contribution in [2.75, 3.05) is 7.11 Å². The van der Waals surface area contributed by atoms with Gasteiger partial charge in [0.25, 0.3) is 11.8 Å². The van der Waals surface area contributed by atoms with Gasteiger partial charge in [-0.15, -0.1) is 0 Å². The summed E-state index contributed by atoms with van der Waals surface area (Å²) in [5.74, 6) is -0.329. The van der Waals surface area contributed by atoms with Gasteiger partial charge in [-0.25, -0.2) is 4.68 Å². The van der Waals surface area contributed by atoms with E-state index in [0.29, 0.717) is 33.2 Å². The van der Waals surface area contributed by atoms with Gasteiger partial charge >= 0.3 is 0 Å². The number of ether oxygens (including phenoxy) is 1. The Hall–Kier alpha value is -4.15. The Bertz CT molecular complexity index is 1510. The van der Waals surface area contributed by atoms with Gasteiger partial charge in [0.1, 0.15) is 23.1 Å². The lowest BCUT2D eigenvalue weighted by molar-refractivity contribution is -0.143. The summed E-state index contributed by atoms with van der Waals surface area (Å²) in [5.41, 5.74) is 3.55. The van der Waals surface area contributed by atoms with E-state index in [4.69, 9.17) is 21.4 Å². The molecule has 8 heteroatoms. The number of methoxy groups -OCH3 is 1. The molecular weight excluding hydrogens is 500 g/mol. The standard InChI is InChI=1S/C30H27ClN4O3/c1-19-24(29(36)35(30(37)25(19)17-32)23-11-7-4-8-12-23)15-21-18-34(22-9-5-3-6-10-22)33-28(21)20-13-14-27(38-2)26(31)16-20/h3,5-6,9-10,13-16,18,23H,4,7-8,11-12H2,1-2H3/b24-15+. The largest absolute Gasteiger partial charge is 0.495 e. The highest BCUT2D eigenvalue weighted by molar-refractivity contribution is 6.32. The van der Waals surface area contributed by atoms with Crippen LogP contribution in [0.1, 0.15) is 44.6 Å². The van der Waals surface area contributed by atoms with Gasteiger partial charge in [0.15, 0.2) is 0 Å². The number of amides is 2. The van der Waals surface area contributed by atoms with E-state index in [0.717, 1.165) is 43.4 Å². The molecule has 2 heterocycles. The third kappa shape index (κ3) is 4.64. The zero-order chi connectivity index (χ0) is 26.8. The topological polar surface area (TPSA) is 88.2 Å². The van der Waals surface area contributed by atoms with Crippen molar-refractivity contribution in [2.45, 2.75) is 45.1 Å². The summed E-state index contributed by atoms with van der Waals surface area (Å²) < 4.78 is 7.04. The molecule has 0 unspecified atom stereocenters. The predicted octanol–water partition coefficient (Wildman–Crippen LogP) is 6.13. The van der Waals surface area contributed by atoms with Gasteiger partial charge in [0.05, 0.1) is 17.8 Å². The van der Waals surface area contributed by atoms with Gasteiger partial charge in [-0.1, -0.05) is 49.1 Å². The number of rotatable bonds is 5. The number of para-hydroxylation sites is 1. The third-order valence-electron chi connectivity index (χ3n) is 7.20. The second-order valence-electron chi connectivity index (χ2n) is 9.50. The maximum absolute atomic E-state index is 13.8. The minimum Gasteiger partial charge on any atom is -0.495 e. The monoisotopic (exact) mass is 526 g/mol. The summed E-state index contributed by atoms with van der Waals surface area (Å²) in [6.07, 6.45) is 8.08. The number of halogens is 1. The molecule has 1 fully saturated rings. The van der Waals surface area contributed by atoms with Crippen LogP contribution in [0, 0.1) is 11.3 Å². The van der Waals surface area contributed by atoms with Crippen molar-refractivity contribution in [1.29, 1.82) is 5.26 Å². The zero-order valence-electron chi connectivity index (χ0n) is 21.3. The molecule has 2 aromatic carbocycles. The summed E-state index contributed by atoms with van der Waals surface area (Å²) in [4.78, 5) is 28.3. The van der Waals surface area contributed by atoms with Crippen molar-refractivity contribution in [2.24, 2.45) is 0 Å². The predicted molar refractivity (Wildman–Crippen MR) is 146 cm³/mol. The Kier molecular flexibility index (Phi) is 7.17. The Morgan fingerprint density at radius 2 is 1.82 bits per heavy atom. The third-order valence-corrected chi connectivity index (χ3v) is 7.50. The van der Waals surface area contributed by atoms with E-state index >= 15 is 0 Å². The number of nitrogens with zero attached hydrogens (tertiary/aromatic N) is 4. The molecule has 2 amide bonds. The normalized spacial score (nSPS) is 17.7. The molecule has 192 valence electrons. The molecule has 0 atom stereocenters. The fourth-order valence-electron chi connectivity index (χ4n) is 5.17. The molecule has 0 spiro atoms. The van der Waals surface area contributed by atoms with E-state index in [1.165, 1.54) is 4.90 Å². The Morgan fingerprint density at radius 1 is 1.08 bits per heavy atom. The molecule has 1 aliphatic carbocycles. The molecule has 7 nitrogen and oxygen atoms in total. The Balaban J connectivity index is 1.67. The number of carbonyl (C=O) groups excluding carboxylic acids is 2. The van der Waals surface area contributed by atoms with Gasteiger partial charge in [-0.2, -0.15) is 10.4 Å². The molecule has 1 saturated carbocycles. The lowest BCUT2D eigenvalue weighted by atomic mass is 9.88. The molecule has 1 aromatic heterocycles. The average molecular weight is 527 g/mol. The van der Waals surface area contributed by atoms with Crippen molar-refractivity contribution in [1.82, 2.24) is 14.7 Å². The second kappa shape index (κ2) is 10.7. The molecule has 38 heavy (non-hydrogen) atoms. The van der Waals surface area contributed by atoms with Crippen LogP contribution in [0.4, 0.5) is 0 Å². The molecule has 5 rings (SSSR count). The molecule has 0 radical (unpaired) electrons. The summed E-state index contributed by atoms with van der Waals surface area (Å²) in [6, 6.07) is 16.9. The molecule has 0 saturated heterocycles. The molecule has 1 aliphatic heterocycles. The van der Waals surface area contributed by atoms with E-state index < -0.39 is 5.91 Å². The van der Waals surface area contributed by atoms with Crippen LogP contribution in [0.3, 0.4) is 0 Å². The SMILES string of the molecule is COc1ccc(-c2nn(-c3ccccc3)cc2/C=C2/C(=O)N(C3CCCCC3)C(=O)C(C#N)=C2C)cc1Cl. The van der Waals surface area contributed by atoms with Gasteiger partial charge in [0.2, 0.25) is 0 Å². The van der Waals surface area contributed by atoms with Gasteiger partial charge in [-0.05, 0) is 61.7 Å². The molecule has 0 N–H and O–H groups in total. The number of carbonyl (C=O) groups is 2. The van der Waals surface area contributed by atoms with Crippen LogP contribution in [0.25, 0.3) is 23.0 Å². The van der Waals surface area contributed by atoms with Crippen molar-refractivity contribution in [3.8, 4) is 28.8 Å². The van der Waals surface area contributed by atoms with Crippen molar-refractivity contribution < 1.29 is 14.3 Å². The molecule has 3 aromatic rings. The van der Waals surface area contributed by atoms with E-state index in [1.54, 1.807) is 36.9 Å². The van der Waals surface area contributed by atoms with Crippen molar-refractivity contribution in [3.63, 3.8) is 0 Å². The number of nitriles is 1. The first-order valence-electron chi connectivity index (χ1n) is 12.6. The fourth-order valence-corrected chi connectivity index (χ4v) is 5.43. The lowest BCUT2D eigenvalue weighted by Gasteiger charge is -2.36. The summed E-state index contributed by atoms with van der Waals surface area (Å²) >= 11 is 6.44. The number of aromatic nitrogens is 2. The van der Waals surface area contributed by atoms with Gasteiger partial charge in [-0.3, -0.25) is 14.5 Å². The van der Waals surface area contributed by atoms with Crippen molar-refractivity contribution in [3.05, 3.63) is 82.0 Å². The van der Waals surface area contributed by atoms with Gasteiger partial charge in [0, 0.05) is 28.9 Å². The summed E-state index contributed by atoms with van der Waals surface area (Å²) in [5, 5.41) is 15.1. The van der Waals surface area contributed by atoms with Crippen LogP contribution in [-0.4, -0.2) is 39.6 Å². The highest BCUT2D eigenvalue weighted by Gasteiger charge is 2.40. The van der Waals surface area contributed by atoms with Crippen LogP contribution in [0.15, 0.2) is 71.4 Å². The first-order valence-corrected chi connectivity index (χ1v) is 13.0. The summed E-state index contributed by atoms with van der Waals surface area (Å²) in [6.45, 7) is 1.66. The lowest BCUT2D eigenvalue weighted by Crippen LogP contribution is -2.49. The maximum atomic E-state index is 13.8. The quantitative estimate of drug-likeness (QED) is 0.295. The first kappa shape index (κ1) is 25.5. The highest BCUT2D eigenvalue weighted by Crippen LogP contribution is 2.36. The maximum Gasteiger partial charge on any atom is 0.271 e. The number of imide groups is 1. The van der Waals surface area contributed by atoms with Gasteiger partial charge < -0.3 is 4.74 Å². The fraction of sp³-hybridized carbons (Fsp3) is 0.267. The van der Waals surface area contributed by atoms with E-state index in [2.05, 4.69) is 0 Å². The summed E-state index contributed by atoms with van der Waals surface area (Å²) in [7, 11) is 1.55. The average Bonchev–Trinajstić information content (AvgIpc) is 3.36. The van der Waals surface area contributed by atoms with E-state index in [-0.39, 0.29) is 17.5 Å². The van der Waals surface area contributed by atoms with Crippen LogP contribution in [-0.2, 0) is 9.59 Å². The molecule has 2 aliphatic rings. The van der Waals surface area contributed by atoms with E-state index in [1.807, 2.05) is 48.7 Å². The molecule has 0 bridgehead atoms. The highest BCUT2D eigenvalue weighted by atomic mass is 35.5. The van der Waals surface area contributed by atoms with Crippen LogP contribution >= 0.6 is 11.6 Å². The van der Waals surface area contributed by atoms with Crippen LogP contribution in [0.2, 0.25) is 5.02 Å². The number of benzene rings is 2. The minimum absolute atomic E-state index is 0.00548. The van der Waals surface area contributed by atoms with Crippen LogP contribution in [0.5, 0.6) is 5.75 Å². The smallest absolute Gasteiger partial charge is 0.271 e. The second-order valence-corrected chi connectivity index (χ2v) is 9.91. The number of hydrogen-bond acceptors (Lipinski definition) is 5. The van der Waals surface area contributed by atoms with Crippen molar-refractivity contribution >= 4 is 29.5 Å². The Morgan fingerprint density at radius 3 is 2.47 bits per heavy atom. The minimum atomic E-state index is -0.499. The number of hydrogen-bond donors (Lipinski definition) is 0. The first-order chi connectivity index (χ1) is 18.4. The zero-order valence-corrected chi connectivity index (χ0v) is 22.0. The Labute approximate surface area is 226 Å².